The van der Waals surface area contributed by atoms with Crippen molar-refractivity contribution in [2.75, 3.05) is 11.9 Å². The monoisotopic (exact) mass is 283 g/mol. The molecule has 1 spiro atoms. The van der Waals surface area contributed by atoms with Gasteiger partial charge in [0, 0.05) is 6.54 Å². The first-order chi connectivity index (χ1) is 9.19. The Morgan fingerprint density at radius 1 is 1.32 bits per heavy atom. The van der Waals surface area contributed by atoms with Crippen molar-refractivity contribution < 1.29 is 9.13 Å². The zero-order valence-electron chi connectivity index (χ0n) is 10.9. The molecule has 2 fully saturated rings. The maximum Gasteiger partial charge on any atom is 0.164 e. The summed E-state index contributed by atoms with van der Waals surface area (Å²) >= 11 is 5.76. The zero-order valence-corrected chi connectivity index (χ0v) is 11.7. The molecule has 0 aromatic heterocycles. The van der Waals surface area contributed by atoms with Crippen LogP contribution in [-0.4, -0.2) is 18.2 Å². The van der Waals surface area contributed by atoms with Crippen molar-refractivity contribution in [2.45, 2.75) is 50.2 Å². The first-order valence-electron chi connectivity index (χ1n) is 7.04. The molecule has 1 saturated heterocycles. The van der Waals surface area contributed by atoms with E-state index in [1.165, 1.54) is 25.7 Å². The van der Waals surface area contributed by atoms with Crippen LogP contribution in [0.5, 0.6) is 0 Å². The van der Waals surface area contributed by atoms with E-state index in [0.717, 1.165) is 12.8 Å². The van der Waals surface area contributed by atoms with Crippen molar-refractivity contribution in [3.05, 3.63) is 29.0 Å². The second-order valence-corrected chi connectivity index (χ2v) is 6.06. The molecule has 2 nitrogen and oxygen atoms in total. The van der Waals surface area contributed by atoms with Gasteiger partial charge in [-0.05, 0) is 37.8 Å². The molecule has 19 heavy (non-hydrogen) atoms. The highest BCUT2D eigenvalue weighted by atomic mass is 35.5. The lowest BCUT2D eigenvalue weighted by molar-refractivity contribution is -0.0307. The molecule has 0 bridgehead atoms. The third kappa shape index (κ3) is 2.72. The fourth-order valence-electron chi connectivity index (χ4n) is 3.29. The Hall–Kier alpha value is -0.800. The van der Waals surface area contributed by atoms with Gasteiger partial charge in [0.25, 0.3) is 0 Å². The van der Waals surface area contributed by atoms with Crippen molar-refractivity contribution in [2.24, 2.45) is 0 Å². The quantitative estimate of drug-likeness (QED) is 0.889. The molecule has 0 amide bonds. The third-order valence-corrected chi connectivity index (χ3v) is 4.62. The Balaban J connectivity index is 1.57. The highest BCUT2D eigenvalue weighted by Gasteiger charge is 2.41. The van der Waals surface area contributed by atoms with Gasteiger partial charge in [-0.15, -0.1) is 0 Å². The Morgan fingerprint density at radius 2 is 2.11 bits per heavy atom. The summed E-state index contributed by atoms with van der Waals surface area (Å²) in [6.07, 6.45) is 7.35. The molecule has 3 rings (SSSR count). The maximum atomic E-state index is 13.7. The van der Waals surface area contributed by atoms with E-state index in [0.29, 0.717) is 12.2 Å². The van der Waals surface area contributed by atoms with Crippen LogP contribution in [0.15, 0.2) is 18.2 Å². The number of halogens is 2. The van der Waals surface area contributed by atoms with Crippen LogP contribution in [0.2, 0.25) is 5.02 Å². The maximum absolute atomic E-state index is 13.7. The van der Waals surface area contributed by atoms with Crippen LogP contribution in [0.25, 0.3) is 0 Å². The number of hydrogen-bond donors (Lipinski definition) is 1. The van der Waals surface area contributed by atoms with E-state index in [4.69, 9.17) is 16.3 Å². The van der Waals surface area contributed by atoms with Crippen molar-refractivity contribution >= 4 is 17.3 Å². The van der Waals surface area contributed by atoms with E-state index in [2.05, 4.69) is 5.32 Å². The number of benzene rings is 1. The zero-order chi connectivity index (χ0) is 13.3. The predicted octanol–water partition coefficient (Wildman–Crippen LogP) is 4.38. The van der Waals surface area contributed by atoms with Gasteiger partial charge in [0.05, 0.1) is 22.4 Å². The smallest absolute Gasteiger partial charge is 0.164 e. The molecular weight excluding hydrogens is 265 g/mol. The van der Waals surface area contributed by atoms with Crippen LogP contribution >= 0.6 is 11.6 Å². The van der Waals surface area contributed by atoms with Crippen LogP contribution in [0.4, 0.5) is 10.1 Å². The van der Waals surface area contributed by atoms with E-state index in [1.54, 1.807) is 18.2 Å². The van der Waals surface area contributed by atoms with Gasteiger partial charge in [0.15, 0.2) is 5.82 Å². The lowest BCUT2D eigenvalue weighted by Gasteiger charge is -2.24. The number of rotatable bonds is 3. The van der Waals surface area contributed by atoms with Gasteiger partial charge in [0.2, 0.25) is 0 Å². The predicted molar refractivity (Wildman–Crippen MR) is 75.2 cm³/mol. The van der Waals surface area contributed by atoms with Crippen LogP contribution in [0.1, 0.15) is 38.5 Å². The molecule has 1 saturated carbocycles. The minimum Gasteiger partial charge on any atom is -0.380 e. The molecule has 1 aromatic rings. The molecule has 1 unspecified atom stereocenters. The summed E-state index contributed by atoms with van der Waals surface area (Å²) in [5, 5.41) is 3.27. The fraction of sp³-hybridized carbons (Fsp3) is 0.600. The molecule has 1 heterocycles. The summed E-state index contributed by atoms with van der Waals surface area (Å²) in [6.45, 7) is 0.652. The highest BCUT2D eigenvalue weighted by Crippen LogP contribution is 2.43. The van der Waals surface area contributed by atoms with Gasteiger partial charge in [-0.3, -0.25) is 0 Å². The normalized spacial score (nSPS) is 25.1. The van der Waals surface area contributed by atoms with Crippen LogP contribution < -0.4 is 5.32 Å². The molecule has 0 radical (unpaired) electrons. The fourth-order valence-corrected chi connectivity index (χ4v) is 3.47. The van der Waals surface area contributed by atoms with E-state index in [9.17, 15) is 4.39 Å². The number of ether oxygens (including phenoxy) is 1. The summed E-state index contributed by atoms with van der Waals surface area (Å²) in [5.74, 6) is -0.377. The minimum absolute atomic E-state index is 0.138. The highest BCUT2D eigenvalue weighted by molar-refractivity contribution is 6.31. The van der Waals surface area contributed by atoms with E-state index in [-0.39, 0.29) is 22.5 Å². The number of anilines is 1. The summed E-state index contributed by atoms with van der Waals surface area (Å²) in [4.78, 5) is 0. The molecule has 4 heteroatoms. The standard InChI is InChI=1S/C15H19ClFNO/c16-12-4-3-5-13(14(12)17)18-10-11-6-9-15(19-11)7-1-2-8-15/h3-5,11,18H,1-2,6-10H2. The van der Waals surface area contributed by atoms with Crippen molar-refractivity contribution in [1.82, 2.24) is 0 Å². The Morgan fingerprint density at radius 3 is 2.89 bits per heavy atom. The van der Waals surface area contributed by atoms with Gasteiger partial charge in [-0.1, -0.05) is 30.5 Å². The van der Waals surface area contributed by atoms with Crippen LogP contribution in [0, 0.1) is 5.82 Å². The third-order valence-electron chi connectivity index (χ3n) is 4.33. The van der Waals surface area contributed by atoms with E-state index in [1.807, 2.05) is 0 Å². The average molecular weight is 284 g/mol. The topological polar surface area (TPSA) is 21.3 Å². The molecule has 1 aliphatic carbocycles. The van der Waals surface area contributed by atoms with E-state index >= 15 is 0 Å². The van der Waals surface area contributed by atoms with Crippen LogP contribution in [-0.2, 0) is 4.74 Å². The SMILES string of the molecule is Fc1c(Cl)cccc1NCC1CCC2(CCCC2)O1. The molecule has 1 atom stereocenters. The lowest BCUT2D eigenvalue weighted by Crippen LogP contribution is -2.28. The second-order valence-electron chi connectivity index (χ2n) is 5.65. The Labute approximate surface area is 118 Å². The largest absolute Gasteiger partial charge is 0.380 e. The summed E-state index contributed by atoms with van der Waals surface area (Å²) < 4.78 is 19.9. The van der Waals surface area contributed by atoms with Gasteiger partial charge in [-0.25, -0.2) is 4.39 Å². The lowest BCUT2D eigenvalue weighted by atomic mass is 9.98. The molecule has 1 aromatic carbocycles. The van der Waals surface area contributed by atoms with Crippen molar-refractivity contribution in [3.8, 4) is 0 Å². The molecule has 2 aliphatic rings. The summed E-state index contributed by atoms with van der Waals surface area (Å²) in [5.41, 5.74) is 0.600. The van der Waals surface area contributed by atoms with Gasteiger partial charge < -0.3 is 10.1 Å². The first kappa shape index (κ1) is 13.2. The van der Waals surface area contributed by atoms with Gasteiger partial charge in [0.1, 0.15) is 0 Å². The molecular formula is C15H19ClFNO. The molecule has 104 valence electrons. The Bertz CT molecular complexity index is 459. The summed E-state index contributed by atoms with van der Waals surface area (Å²) in [6, 6.07) is 5.02. The number of nitrogens with one attached hydrogen (secondary N) is 1. The summed E-state index contributed by atoms with van der Waals surface area (Å²) in [7, 11) is 0. The van der Waals surface area contributed by atoms with Crippen LogP contribution in [0.3, 0.4) is 0 Å². The average Bonchev–Trinajstić information content (AvgIpc) is 3.02. The van der Waals surface area contributed by atoms with Crippen molar-refractivity contribution in [3.63, 3.8) is 0 Å². The first-order valence-corrected chi connectivity index (χ1v) is 7.42. The van der Waals surface area contributed by atoms with Crippen molar-refractivity contribution in [1.29, 1.82) is 0 Å². The minimum atomic E-state index is -0.377. The van der Waals surface area contributed by atoms with E-state index < -0.39 is 0 Å². The second kappa shape index (κ2) is 5.29. The van der Waals surface area contributed by atoms with Gasteiger partial charge >= 0.3 is 0 Å². The number of hydrogen-bond acceptors (Lipinski definition) is 2. The molecule has 1 N–H and O–H groups in total. The van der Waals surface area contributed by atoms with Gasteiger partial charge in [-0.2, -0.15) is 0 Å². The Kier molecular flexibility index (Phi) is 3.68. The molecule has 1 aliphatic heterocycles.